The number of nitrogens with one attached hydrogen (secondary N) is 1. The van der Waals surface area contributed by atoms with Gasteiger partial charge in [-0.15, -0.1) is 5.06 Å². The molecular formula is C35H29FN6O6. The van der Waals surface area contributed by atoms with Gasteiger partial charge in [-0.3, -0.25) is 10.0 Å². The number of piperidine rings is 1. The van der Waals surface area contributed by atoms with Gasteiger partial charge in [0.25, 0.3) is 5.91 Å². The summed E-state index contributed by atoms with van der Waals surface area (Å²) in [5.74, 6) is -1.25. The first-order valence-corrected chi connectivity index (χ1v) is 14.7. The first-order chi connectivity index (χ1) is 23.1. The molecule has 0 saturated carbocycles. The monoisotopic (exact) mass is 648 g/mol. The Hall–Kier alpha value is -6.44. The summed E-state index contributed by atoms with van der Waals surface area (Å²) in [6.45, 7) is 1.08. The third-order valence-corrected chi connectivity index (χ3v) is 7.90. The van der Waals surface area contributed by atoms with Crippen molar-refractivity contribution in [1.29, 1.82) is 10.5 Å². The number of methoxy groups -OCH3 is 1. The molecule has 13 heteroatoms. The molecule has 0 bridgehead atoms. The number of ether oxygens (including phenoxy) is 1. The van der Waals surface area contributed by atoms with Crippen LogP contribution in [-0.4, -0.2) is 63.7 Å². The maximum Gasteiger partial charge on any atom is 0.439 e. The standard InChI is InChI=1S/C35H29FN6O6/c1-48-31-9-8-22(17-30(31)43)28-20-39-34(27(19-38)33(28)23-6-7-24(18-37)29(36)16-23)41-13-11-25(12-14-41)40-26-4-2-3-21(15-26)5-10-32(44)42(47)35(45)46/h2-10,15-17,20,25,40,43,47H,11-14H2,1H3,(H,45,46)/b10-5+. The molecule has 0 radical (unpaired) electrons. The summed E-state index contributed by atoms with van der Waals surface area (Å²) >= 11 is 0. The Morgan fingerprint density at radius 3 is 2.48 bits per heavy atom. The van der Waals surface area contributed by atoms with Gasteiger partial charge in [-0.25, -0.2) is 14.2 Å². The molecule has 48 heavy (non-hydrogen) atoms. The van der Waals surface area contributed by atoms with Crippen LogP contribution in [0.15, 0.2) is 72.9 Å². The van der Waals surface area contributed by atoms with Gasteiger partial charge >= 0.3 is 6.09 Å². The van der Waals surface area contributed by atoms with Crippen LogP contribution in [0.2, 0.25) is 0 Å². The number of imide groups is 1. The molecule has 3 aromatic carbocycles. The van der Waals surface area contributed by atoms with E-state index in [4.69, 9.17) is 9.84 Å². The van der Waals surface area contributed by atoms with E-state index in [9.17, 15) is 34.8 Å². The lowest BCUT2D eigenvalue weighted by Gasteiger charge is -2.34. The molecule has 5 rings (SSSR count). The van der Waals surface area contributed by atoms with E-state index in [-0.39, 0.29) is 28.7 Å². The van der Waals surface area contributed by atoms with E-state index in [2.05, 4.69) is 16.4 Å². The molecule has 1 fully saturated rings. The molecular weight excluding hydrogens is 619 g/mol. The number of hydroxylamine groups is 2. The third kappa shape index (κ3) is 7.02. The number of amides is 2. The molecule has 0 atom stereocenters. The van der Waals surface area contributed by atoms with E-state index >= 15 is 0 Å². The summed E-state index contributed by atoms with van der Waals surface area (Å²) < 4.78 is 20.0. The zero-order chi connectivity index (χ0) is 34.4. The second-order valence-corrected chi connectivity index (χ2v) is 10.8. The average molecular weight is 649 g/mol. The van der Waals surface area contributed by atoms with Crippen molar-refractivity contribution in [3.05, 3.63) is 95.4 Å². The van der Waals surface area contributed by atoms with Gasteiger partial charge in [0, 0.05) is 48.2 Å². The number of hydrogen-bond acceptors (Lipinski definition) is 10. The number of carbonyl (C=O) groups excluding carboxylic acids is 1. The van der Waals surface area contributed by atoms with Gasteiger partial charge in [0.2, 0.25) is 0 Å². The van der Waals surface area contributed by atoms with E-state index in [1.807, 2.05) is 17.0 Å². The average Bonchev–Trinajstić information content (AvgIpc) is 3.10. The predicted molar refractivity (Wildman–Crippen MR) is 174 cm³/mol. The molecule has 12 nitrogen and oxygen atoms in total. The van der Waals surface area contributed by atoms with Crippen molar-refractivity contribution in [3.63, 3.8) is 0 Å². The normalized spacial score (nSPS) is 13.1. The molecule has 1 saturated heterocycles. The van der Waals surface area contributed by atoms with Gasteiger partial charge in [0.15, 0.2) is 11.5 Å². The fraction of sp³-hybridized carbons (Fsp3) is 0.171. The SMILES string of the molecule is COc1ccc(-c2cnc(N3CCC(Nc4cccc(/C=C/C(=O)N(O)C(=O)O)c4)CC3)c(C#N)c2-c2ccc(C#N)c(F)c2)cc1O. The van der Waals surface area contributed by atoms with Gasteiger partial charge in [-0.1, -0.05) is 24.3 Å². The molecule has 0 spiro atoms. The number of halogens is 1. The summed E-state index contributed by atoms with van der Waals surface area (Å²) in [5, 5.41) is 51.2. The number of benzene rings is 3. The molecule has 0 unspecified atom stereocenters. The molecule has 2 heterocycles. The maximum absolute atomic E-state index is 14.9. The van der Waals surface area contributed by atoms with E-state index < -0.39 is 22.9 Å². The van der Waals surface area contributed by atoms with Crippen molar-refractivity contribution < 1.29 is 34.1 Å². The van der Waals surface area contributed by atoms with Crippen molar-refractivity contribution in [2.75, 3.05) is 30.4 Å². The Morgan fingerprint density at radius 1 is 1.08 bits per heavy atom. The minimum absolute atomic E-state index is 0.0567. The fourth-order valence-corrected chi connectivity index (χ4v) is 5.52. The maximum atomic E-state index is 14.9. The Balaban J connectivity index is 1.40. The van der Waals surface area contributed by atoms with Gasteiger partial charge in [0.1, 0.15) is 29.3 Å². The van der Waals surface area contributed by atoms with Crippen molar-refractivity contribution in [2.24, 2.45) is 0 Å². The van der Waals surface area contributed by atoms with Crippen LogP contribution in [-0.2, 0) is 4.79 Å². The zero-order valence-electron chi connectivity index (χ0n) is 25.6. The molecule has 1 aliphatic rings. The number of rotatable bonds is 8. The largest absolute Gasteiger partial charge is 0.504 e. The number of anilines is 2. The summed E-state index contributed by atoms with van der Waals surface area (Å²) in [6.07, 6.45) is 3.51. The van der Waals surface area contributed by atoms with Crippen LogP contribution in [0.5, 0.6) is 11.5 Å². The highest BCUT2D eigenvalue weighted by molar-refractivity contribution is 5.99. The molecule has 242 valence electrons. The molecule has 2 amide bonds. The van der Waals surface area contributed by atoms with Crippen molar-refractivity contribution in [3.8, 4) is 45.9 Å². The van der Waals surface area contributed by atoms with E-state index in [0.29, 0.717) is 59.6 Å². The van der Waals surface area contributed by atoms with Crippen molar-refractivity contribution >= 4 is 29.6 Å². The molecule has 1 aromatic heterocycles. The van der Waals surface area contributed by atoms with E-state index in [0.717, 1.165) is 11.8 Å². The number of carboxylic acid groups (broad SMARTS) is 1. The number of phenols is 1. The number of nitriles is 2. The number of phenolic OH excluding ortho intramolecular Hbond substituents is 1. The molecule has 4 N–H and O–H groups in total. The van der Waals surface area contributed by atoms with Crippen LogP contribution in [0.4, 0.5) is 20.7 Å². The minimum atomic E-state index is -1.78. The van der Waals surface area contributed by atoms with Crippen molar-refractivity contribution in [2.45, 2.75) is 18.9 Å². The number of aromatic nitrogens is 1. The van der Waals surface area contributed by atoms with Gasteiger partial charge in [0.05, 0.1) is 12.7 Å². The number of aromatic hydroxyl groups is 1. The van der Waals surface area contributed by atoms with Gasteiger partial charge in [-0.2, -0.15) is 10.5 Å². The van der Waals surface area contributed by atoms with Crippen LogP contribution >= 0.6 is 0 Å². The summed E-state index contributed by atoms with van der Waals surface area (Å²) in [5.41, 5.74) is 3.28. The van der Waals surface area contributed by atoms with Gasteiger partial charge < -0.3 is 25.2 Å². The number of hydrogen-bond donors (Lipinski definition) is 4. The molecule has 4 aromatic rings. The van der Waals surface area contributed by atoms with Crippen molar-refractivity contribution in [1.82, 2.24) is 10.0 Å². The summed E-state index contributed by atoms with van der Waals surface area (Å²) in [4.78, 5) is 29.2. The Labute approximate surface area is 274 Å². The fourth-order valence-electron chi connectivity index (χ4n) is 5.52. The lowest BCUT2D eigenvalue weighted by Crippen LogP contribution is -2.40. The van der Waals surface area contributed by atoms with E-state index in [1.54, 1.807) is 42.6 Å². The molecule has 1 aliphatic heterocycles. The highest BCUT2D eigenvalue weighted by atomic mass is 19.1. The first kappa shape index (κ1) is 32.9. The third-order valence-electron chi connectivity index (χ3n) is 7.90. The highest BCUT2D eigenvalue weighted by Gasteiger charge is 2.26. The lowest BCUT2D eigenvalue weighted by atomic mass is 9.91. The topological polar surface area (TPSA) is 183 Å². The van der Waals surface area contributed by atoms with Crippen LogP contribution < -0.4 is 15.0 Å². The number of carbonyl (C=O) groups is 2. The quantitative estimate of drug-likeness (QED) is 0.0998. The Morgan fingerprint density at radius 2 is 1.83 bits per heavy atom. The van der Waals surface area contributed by atoms with Gasteiger partial charge in [-0.05, 0) is 72.0 Å². The Kier molecular flexibility index (Phi) is 9.83. The smallest absolute Gasteiger partial charge is 0.439 e. The predicted octanol–water partition coefficient (Wildman–Crippen LogP) is 6.00. The van der Waals surface area contributed by atoms with Crippen LogP contribution in [0.25, 0.3) is 28.3 Å². The minimum Gasteiger partial charge on any atom is -0.504 e. The summed E-state index contributed by atoms with van der Waals surface area (Å²) in [6, 6.07) is 20.2. The van der Waals surface area contributed by atoms with E-state index in [1.165, 1.54) is 31.4 Å². The zero-order valence-corrected chi connectivity index (χ0v) is 25.6. The second kappa shape index (κ2) is 14.3. The lowest BCUT2D eigenvalue weighted by molar-refractivity contribution is -0.150. The van der Waals surface area contributed by atoms with Crippen LogP contribution in [0.3, 0.4) is 0 Å². The number of nitrogens with zero attached hydrogens (tertiary/aromatic N) is 5. The van der Waals surface area contributed by atoms with Crippen LogP contribution in [0, 0.1) is 28.5 Å². The molecule has 0 aliphatic carbocycles. The Bertz CT molecular complexity index is 1990. The second-order valence-electron chi connectivity index (χ2n) is 10.8. The highest BCUT2D eigenvalue weighted by Crippen LogP contribution is 2.41. The summed E-state index contributed by atoms with van der Waals surface area (Å²) in [7, 11) is 1.43. The first-order valence-electron chi connectivity index (χ1n) is 14.7. The van der Waals surface area contributed by atoms with Crippen LogP contribution in [0.1, 0.15) is 29.5 Å². The number of pyridine rings is 1.